The van der Waals surface area contributed by atoms with Crippen molar-refractivity contribution in [3.05, 3.63) is 0 Å². The highest BCUT2D eigenvalue weighted by Gasteiger charge is 2.42. The molecule has 16 heavy (non-hydrogen) atoms. The summed E-state index contributed by atoms with van der Waals surface area (Å²) in [6.07, 6.45) is -4.23. The highest BCUT2D eigenvalue weighted by molar-refractivity contribution is 5.80. The Morgan fingerprint density at radius 3 is 2.56 bits per heavy atom. The largest absolute Gasteiger partial charge is 0.394 e. The van der Waals surface area contributed by atoms with Gasteiger partial charge in [-0.3, -0.25) is 9.59 Å². The Kier molecular flexibility index (Phi) is 4.62. The zero-order chi connectivity index (χ0) is 12.1. The Labute approximate surface area is 91.2 Å². The van der Waals surface area contributed by atoms with Crippen LogP contribution in [0, 0.1) is 0 Å². The lowest BCUT2D eigenvalue weighted by molar-refractivity contribution is -0.127. The molecule has 0 aromatic rings. The second kappa shape index (κ2) is 5.75. The van der Waals surface area contributed by atoms with Crippen LogP contribution in [0.4, 0.5) is 0 Å². The van der Waals surface area contributed by atoms with Gasteiger partial charge < -0.3 is 30.7 Å². The zero-order valence-electron chi connectivity index (χ0n) is 8.37. The van der Waals surface area contributed by atoms with E-state index >= 15 is 0 Å². The number of carbonyl (C=O) groups is 2. The van der Waals surface area contributed by atoms with Crippen molar-refractivity contribution in [1.29, 1.82) is 0 Å². The second-order valence-corrected chi connectivity index (χ2v) is 3.33. The van der Waals surface area contributed by atoms with Gasteiger partial charge in [0.2, 0.25) is 12.3 Å². The molecule has 0 bridgehead atoms. The molecule has 0 saturated carbocycles. The summed E-state index contributed by atoms with van der Waals surface area (Å²) in [5.74, 6) is -0.568. The van der Waals surface area contributed by atoms with Gasteiger partial charge in [-0.05, 0) is 0 Å². The lowest BCUT2D eigenvalue weighted by atomic mass is 10.1. The van der Waals surface area contributed by atoms with Crippen LogP contribution in [0.15, 0.2) is 0 Å². The number of rotatable bonds is 5. The van der Waals surface area contributed by atoms with Crippen LogP contribution in [-0.2, 0) is 14.3 Å². The van der Waals surface area contributed by atoms with E-state index in [0.717, 1.165) is 0 Å². The molecule has 1 fully saturated rings. The van der Waals surface area contributed by atoms with Crippen molar-refractivity contribution in [2.45, 2.75) is 24.5 Å². The number of ether oxygens (including phenoxy) is 1. The molecule has 8 heteroatoms. The summed E-state index contributed by atoms with van der Waals surface area (Å²) in [5, 5.41) is 32.0. The minimum absolute atomic E-state index is 0.254. The van der Waals surface area contributed by atoms with Crippen LogP contribution in [-0.4, -0.2) is 65.3 Å². The molecular weight excluding hydrogens is 220 g/mol. The average molecular weight is 234 g/mol. The molecule has 8 nitrogen and oxygen atoms in total. The van der Waals surface area contributed by atoms with Gasteiger partial charge in [0.05, 0.1) is 13.2 Å². The van der Waals surface area contributed by atoms with Crippen molar-refractivity contribution in [1.82, 2.24) is 10.6 Å². The fraction of sp³-hybridized carbons (Fsp3) is 0.750. The van der Waals surface area contributed by atoms with Crippen molar-refractivity contribution < 1.29 is 29.6 Å². The highest BCUT2D eigenvalue weighted by atomic mass is 16.6. The molecule has 4 unspecified atom stereocenters. The number of amides is 2. The molecule has 0 radical (unpaired) electrons. The van der Waals surface area contributed by atoms with Crippen molar-refractivity contribution in [2.75, 3.05) is 13.2 Å². The number of hydrogen-bond acceptors (Lipinski definition) is 6. The molecule has 2 amide bonds. The molecule has 0 spiro atoms. The van der Waals surface area contributed by atoms with Gasteiger partial charge in [0, 0.05) is 0 Å². The number of hydrogen-bond donors (Lipinski definition) is 5. The minimum atomic E-state index is -1.31. The summed E-state index contributed by atoms with van der Waals surface area (Å²) in [4.78, 5) is 21.1. The standard InChI is InChI=1S/C8H14N2O6/c11-2-4-6(14)7(15)8(16-4)10-5(13)1-9-3-12/h3-4,6-8,11,14-15H,1-2H2,(H,9,12)(H,10,13). The summed E-state index contributed by atoms with van der Waals surface area (Å²) in [6.45, 7) is -0.715. The van der Waals surface area contributed by atoms with Crippen LogP contribution in [0.2, 0.25) is 0 Å². The summed E-state index contributed by atoms with van der Waals surface area (Å²) in [6, 6.07) is 0. The monoisotopic (exact) mass is 234 g/mol. The highest BCUT2D eigenvalue weighted by Crippen LogP contribution is 2.18. The van der Waals surface area contributed by atoms with Crippen LogP contribution in [0.1, 0.15) is 0 Å². The molecule has 0 aliphatic carbocycles. The number of carbonyl (C=O) groups excluding carboxylic acids is 2. The van der Waals surface area contributed by atoms with Crippen LogP contribution in [0.3, 0.4) is 0 Å². The minimum Gasteiger partial charge on any atom is -0.394 e. The molecule has 1 heterocycles. The molecule has 92 valence electrons. The summed E-state index contributed by atoms with van der Waals surface area (Å²) in [7, 11) is 0. The van der Waals surface area contributed by atoms with Crippen molar-refractivity contribution in [3.8, 4) is 0 Å². The van der Waals surface area contributed by atoms with E-state index in [-0.39, 0.29) is 6.54 Å². The van der Waals surface area contributed by atoms with Gasteiger partial charge in [0.1, 0.15) is 18.3 Å². The van der Waals surface area contributed by atoms with Crippen molar-refractivity contribution in [3.63, 3.8) is 0 Å². The van der Waals surface area contributed by atoms with E-state index in [9.17, 15) is 19.8 Å². The first-order valence-corrected chi connectivity index (χ1v) is 4.69. The SMILES string of the molecule is O=CNCC(=O)NC1OC(CO)C(O)C1O. The second-order valence-electron chi connectivity index (χ2n) is 3.33. The lowest BCUT2D eigenvalue weighted by Gasteiger charge is -2.15. The van der Waals surface area contributed by atoms with E-state index in [2.05, 4.69) is 10.6 Å². The van der Waals surface area contributed by atoms with Gasteiger partial charge >= 0.3 is 0 Å². The predicted octanol–water partition coefficient (Wildman–Crippen LogP) is -3.71. The molecule has 1 saturated heterocycles. The number of aliphatic hydroxyl groups excluding tert-OH is 3. The molecule has 1 aliphatic rings. The Bertz CT molecular complexity index is 261. The molecule has 1 rings (SSSR count). The van der Waals surface area contributed by atoms with Gasteiger partial charge in [-0.1, -0.05) is 0 Å². The Morgan fingerprint density at radius 1 is 1.38 bits per heavy atom. The maximum Gasteiger partial charge on any atom is 0.241 e. The third-order valence-corrected chi connectivity index (χ3v) is 2.19. The Hall–Kier alpha value is -1.22. The van der Waals surface area contributed by atoms with E-state index in [1.54, 1.807) is 0 Å². The maximum atomic E-state index is 11.1. The van der Waals surface area contributed by atoms with Gasteiger partial charge in [0.15, 0.2) is 6.23 Å². The van der Waals surface area contributed by atoms with Gasteiger partial charge in [-0.25, -0.2) is 0 Å². The fourth-order valence-corrected chi connectivity index (χ4v) is 1.36. The molecule has 5 N–H and O–H groups in total. The third kappa shape index (κ3) is 2.89. The quantitative estimate of drug-likeness (QED) is 0.311. The first-order valence-electron chi connectivity index (χ1n) is 4.69. The van der Waals surface area contributed by atoms with Gasteiger partial charge in [-0.2, -0.15) is 0 Å². The summed E-state index contributed by atoms with van der Waals surface area (Å²) >= 11 is 0. The van der Waals surface area contributed by atoms with Gasteiger partial charge in [0.25, 0.3) is 0 Å². The van der Waals surface area contributed by atoms with E-state index < -0.39 is 37.1 Å². The summed E-state index contributed by atoms with van der Waals surface area (Å²) < 4.78 is 4.99. The third-order valence-electron chi connectivity index (χ3n) is 2.19. The van der Waals surface area contributed by atoms with Crippen LogP contribution in [0.25, 0.3) is 0 Å². The molecule has 0 aromatic heterocycles. The molecular formula is C8H14N2O6. The average Bonchev–Trinajstić information content (AvgIpc) is 2.54. The van der Waals surface area contributed by atoms with Crippen molar-refractivity contribution in [2.24, 2.45) is 0 Å². The predicted molar refractivity (Wildman–Crippen MR) is 50.0 cm³/mol. The van der Waals surface area contributed by atoms with E-state index in [1.807, 2.05) is 0 Å². The molecule has 4 atom stereocenters. The van der Waals surface area contributed by atoms with Crippen LogP contribution in [0.5, 0.6) is 0 Å². The van der Waals surface area contributed by atoms with Crippen LogP contribution >= 0.6 is 0 Å². The Morgan fingerprint density at radius 2 is 2.06 bits per heavy atom. The van der Waals surface area contributed by atoms with Gasteiger partial charge in [-0.15, -0.1) is 0 Å². The van der Waals surface area contributed by atoms with E-state index in [4.69, 9.17) is 9.84 Å². The topological polar surface area (TPSA) is 128 Å². The maximum absolute atomic E-state index is 11.1. The smallest absolute Gasteiger partial charge is 0.241 e. The lowest BCUT2D eigenvalue weighted by Crippen LogP contribution is -2.46. The van der Waals surface area contributed by atoms with E-state index in [1.165, 1.54) is 0 Å². The van der Waals surface area contributed by atoms with Crippen LogP contribution < -0.4 is 10.6 Å². The van der Waals surface area contributed by atoms with Crippen molar-refractivity contribution >= 4 is 12.3 Å². The number of aliphatic hydroxyl groups is 3. The van der Waals surface area contributed by atoms with E-state index in [0.29, 0.717) is 6.41 Å². The number of nitrogens with one attached hydrogen (secondary N) is 2. The molecule has 1 aliphatic heterocycles. The first-order chi connectivity index (χ1) is 7.60. The fourth-order valence-electron chi connectivity index (χ4n) is 1.36. The zero-order valence-corrected chi connectivity index (χ0v) is 8.37. The Balaban J connectivity index is 2.43. The summed E-state index contributed by atoms with van der Waals surface area (Å²) in [5.41, 5.74) is 0. The first kappa shape index (κ1) is 12.8. The normalized spacial score (nSPS) is 33.4. The molecule has 0 aromatic carbocycles.